The van der Waals surface area contributed by atoms with E-state index in [9.17, 15) is 0 Å². The van der Waals surface area contributed by atoms with E-state index in [0.29, 0.717) is 11.7 Å². The minimum absolute atomic E-state index is 0.588. The molecule has 1 aliphatic rings. The molecule has 1 aromatic heterocycles. The molecule has 0 aliphatic carbocycles. The fraction of sp³-hybridized carbons (Fsp3) is 0. The molecule has 2 heterocycles. The van der Waals surface area contributed by atoms with Gasteiger partial charge in [-0.1, -0.05) is 0 Å². The third kappa shape index (κ3) is 0.680. The normalized spacial score (nSPS) is 15.0. The summed E-state index contributed by atoms with van der Waals surface area (Å²) in [6.07, 6.45) is 4.90. The number of H-pyrrole nitrogens is 1. The Bertz CT molecular complexity index is 270. The van der Waals surface area contributed by atoms with E-state index in [2.05, 4.69) is 25.5 Å². The lowest BCUT2D eigenvalue weighted by molar-refractivity contribution is 1.06. The minimum atomic E-state index is 0.588. The molecule has 2 N–H and O–H groups in total. The van der Waals surface area contributed by atoms with Crippen molar-refractivity contribution in [1.82, 2.24) is 25.5 Å². The highest BCUT2D eigenvalue weighted by atomic mass is 15.2. The summed E-state index contributed by atoms with van der Waals surface area (Å²) >= 11 is 0. The van der Waals surface area contributed by atoms with Crippen LogP contribution in [0.25, 0.3) is 0 Å². The van der Waals surface area contributed by atoms with E-state index in [1.54, 1.807) is 12.4 Å². The predicted octanol–water partition coefficient (Wildman–Crippen LogP) is -1.04. The Hall–Kier alpha value is -1.65. The lowest BCUT2D eigenvalue weighted by Gasteiger charge is -1.80. The molecule has 1 radical (unpaired) electrons. The molecule has 1 aromatic rings. The van der Waals surface area contributed by atoms with Crippen molar-refractivity contribution in [3.63, 3.8) is 0 Å². The van der Waals surface area contributed by atoms with E-state index < -0.39 is 0 Å². The van der Waals surface area contributed by atoms with Crippen LogP contribution in [0.15, 0.2) is 18.7 Å². The third-order valence-corrected chi connectivity index (χ3v) is 1.13. The van der Waals surface area contributed by atoms with Gasteiger partial charge in [-0.05, 0) is 4.99 Å². The fourth-order valence-electron chi connectivity index (χ4n) is 0.711. The highest BCUT2D eigenvalue weighted by molar-refractivity contribution is 5.96. The van der Waals surface area contributed by atoms with Crippen LogP contribution in [-0.2, 0) is 0 Å². The maximum atomic E-state index is 3.96. The lowest BCUT2D eigenvalue weighted by Crippen LogP contribution is -2.19. The zero-order valence-corrected chi connectivity index (χ0v) is 5.07. The number of amidine groups is 1. The Balaban J connectivity index is 2.30. The molecule has 0 bridgehead atoms. The van der Waals surface area contributed by atoms with Crippen molar-refractivity contribution >= 4 is 5.84 Å². The molecule has 0 saturated carbocycles. The molecule has 2 rings (SSSR count). The summed E-state index contributed by atoms with van der Waals surface area (Å²) in [5.41, 5.74) is 0. The standard InChI is InChI=1S/C5H5N5/c1-2-7-4(6-1)5-8-3-9-10-5/h1-3,6H,(H,8,9,10)/q+1. The van der Waals surface area contributed by atoms with Crippen LogP contribution in [0.4, 0.5) is 0 Å². The first-order valence-corrected chi connectivity index (χ1v) is 2.82. The van der Waals surface area contributed by atoms with Gasteiger partial charge >= 0.3 is 5.84 Å². The van der Waals surface area contributed by atoms with E-state index in [4.69, 9.17) is 0 Å². The van der Waals surface area contributed by atoms with Gasteiger partial charge < -0.3 is 0 Å². The average molecular weight is 135 g/mol. The number of aliphatic imine (C=N–C) groups is 1. The van der Waals surface area contributed by atoms with Gasteiger partial charge in [-0.15, -0.1) is 5.10 Å². The number of nitrogens with zero attached hydrogens (tertiary/aromatic N) is 3. The SMILES string of the molecule is C1=CNC(c2nc[nH]n2)=[N+]1. The number of hydrogen-bond donors (Lipinski definition) is 2. The van der Waals surface area contributed by atoms with Gasteiger partial charge in [0, 0.05) is 0 Å². The molecule has 10 heavy (non-hydrogen) atoms. The molecule has 0 unspecified atom stereocenters. The van der Waals surface area contributed by atoms with Gasteiger partial charge in [0.25, 0.3) is 5.82 Å². The molecular weight excluding hydrogens is 130 g/mol. The van der Waals surface area contributed by atoms with Crippen LogP contribution in [-0.4, -0.2) is 21.0 Å². The summed E-state index contributed by atoms with van der Waals surface area (Å²) in [6.45, 7) is 0. The fourth-order valence-corrected chi connectivity index (χ4v) is 0.711. The average Bonchev–Trinajstić information content (AvgIpc) is 2.59. The molecule has 49 valence electrons. The number of rotatable bonds is 1. The Morgan fingerprint density at radius 1 is 1.50 bits per heavy atom. The third-order valence-electron chi connectivity index (χ3n) is 1.13. The van der Waals surface area contributed by atoms with Gasteiger partial charge in [-0.2, -0.15) is 0 Å². The summed E-state index contributed by atoms with van der Waals surface area (Å²) in [6, 6.07) is 0. The topological polar surface area (TPSA) is 67.7 Å². The van der Waals surface area contributed by atoms with Crippen molar-refractivity contribution in [2.45, 2.75) is 0 Å². The number of nitrogens with one attached hydrogen (secondary N) is 2. The second kappa shape index (κ2) is 1.94. The van der Waals surface area contributed by atoms with E-state index in [1.165, 1.54) is 6.33 Å². The highest BCUT2D eigenvalue weighted by Crippen LogP contribution is 1.87. The number of hydrogen-bond acceptors (Lipinski definition) is 4. The maximum Gasteiger partial charge on any atom is 0.368 e. The summed E-state index contributed by atoms with van der Waals surface area (Å²) in [7, 11) is 0. The summed E-state index contributed by atoms with van der Waals surface area (Å²) in [5.74, 6) is 1.27. The van der Waals surface area contributed by atoms with E-state index in [0.717, 1.165) is 0 Å². The predicted molar refractivity (Wildman–Crippen MR) is 34.9 cm³/mol. The Morgan fingerprint density at radius 2 is 2.50 bits per heavy atom. The monoisotopic (exact) mass is 135 g/mol. The maximum absolute atomic E-state index is 3.96. The van der Waals surface area contributed by atoms with Crippen molar-refractivity contribution in [1.29, 1.82) is 0 Å². The van der Waals surface area contributed by atoms with Gasteiger partial charge in [0.05, 0.1) is 0 Å². The van der Waals surface area contributed by atoms with Crippen molar-refractivity contribution in [3.05, 3.63) is 24.6 Å². The van der Waals surface area contributed by atoms with E-state index in [-0.39, 0.29) is 0 Å². The molecule has 1 aliphatic heterocycles. The largest absolute Gasteiger partial charge is 0.368 e. The summed E-state index contributed by atoms with van der Waals surface area (Å²) in [4.78, 5) is 7.86. The quantitative estimate of drug-likeness (QED) is 0.517. The Morgan fingerprint density at radius 3 is 3.10 bits per heavy atom. The van der Waals surface area contributed by atoms with Gasteiger partial charge in [-0.25, -0.2) is 10.3 Å². The van der Waals surface area contributed by atoms with Crippen LogP contribution in [0.5, 0.6) is 0 Å². The first kappa shape index (κ1) is 5.16. The van der Waals surface area contributed by atoms with Gasteiger partial charge in [-0.3, -0.25) is 5.10 Å². The minimum Gasteiger partial charge on any atom is -0.265 e. The van der Waals surface area contributed by atoms with E-state index in [1.807, 2.05) is 0 Å². The molecule has 0 atom stereocenters. The lowest BCUT2D eigenvalue weighted by atomic mass is 10.5. The molecular formula is C5H5N5+. The first-order valence-electron chi connectivity index (χ1n) is 2.82. The molecule has 0 fully saturated rings. The van der Waals surface area contributed by atoms with Crippen LogP contribution in [0.3, 0.4) is 0 Å². The molecule has 5 heteroatoms. The smallest absolute Gasteiger partial charge is 0.265 e. The summed E-state index contributed by atoms with van der Waals surface area (Å²) in [5, 5.41) is 9.31. The molecule has 0 saturated heterocycles. The van der Waals surface area contributed by atoms with Crippen LogP contribution >= 0.6 is 0 Å². The Labute approximate surface area is 56.9 Å². The second-order valence-corrected chi connectivity index (χ2v) is 1.76. The highest BCUT2D eigenvalue weighted by Gasteiger charge is 2.17. The van der Waals surface area contributed by atoms with Crippen molar-refractivity contribution < 1.29 is 0 Å². The zero-order chi connectivity index (χ0) is 6.81. The van der Waals surface area contributed by atoms with Gasteiger partial charge in [0.2, 0.25) is 0 Å². The summed E-state index contributed by atoms with van der Waals surface area (Å²) < 4.78 is 0. The molecule has 0 aromatic carbocycles. The van der Waals surface area contributed by atoms with Crippen molar-refractivity contribution in [3.8, 4) is 0 Å². The van der Waals surface area contributed by atoms with Crippen LogP contribution in [0, 0.1) is 0 Å². The molecule has 5 nitrogen and oxygen atoms in total. The molecule has 0 amide bonds. The van der Waals surface area contributed by atoms with E-state index >= 15 is 0 Å². The second-order valence-electron chi connectivity index (χ2n) is 1.76. The van der Waals surface area contributed by atoms with Gasteiger partial charge in [0.1, 0.15) is 12.5 Å². The first-order chi connectivity index (χ1) is 4.97. The zero-order valence-electron chi connectivity index (χ0n) is 5.07. The number of aromatic nitrogens is 3. The van der Waals surface area contributed by atoms with Crippen LogP contribution in [0.2, 0.25) is 0 Å². The number of aromatic amines is 1. The Kier molecular flexibility index (Phi) is 1.00. The molecule has 0 spiro atoms. The van der Waals surface area contributed by atoms with Crippen molar-refractivity contribution in [2.24, 2.45) is 0 Å². The van der Waals surface area contributed by atoms with Crippen molar-refractivity contribution in [2.75, 3.05) is 0 Å². The van der Waals surface area contributed by atoms with Crippen LogP contribution < -0.4 is 10.3 Å². The van der Waals surface area contributed by atoms with Crippen LogP contribution in [0.1, 0.15) is 5.82 Å². The van der Waals surface area contributed by atoms with Gasteiger partial charge in [0.15, 0.2) is 6.20 Å².